The molecule has 2 N–H and O–H groups in total. The molecule has 94 valence electrons. The van der Waals surface area contributed by atoms with Gasteiger partial charge in [-0.25, -0.2) is 4.79 Å². The molecule has 1 atom stereocenters. The second-order valence-electron chi connectivity index (χ2n) is 4.85. The van der Waals surface area contributed by atoms with Crippen molar-refractivity contribution >= 4 is 16.8 Å². The Balaban J connectivity index is 2.03. The molecular weight excluding hydrogens is 232 g/mol. The molecule has 0 amide bonds. The number of imidazole rings is 1. The zero-order chi connectivity index (χ0) is 12.8. The number of rotatable bonds is 2. The van der Waals surface area contributed by atoms with Crippen LogP contribution in [0, 0.1) is 0 Å². The average molecular weight is 246 g/mol. The zero-order valence-electron chi connectivity index (χ0n) is 10.1. The third-order valence-corrected chi connectivity index (χ3v) is 3.48. The molecule has 1 aromatic carbocycles. The fraction of sp³-hybridized carbons (Fsp3) is 0.385. The summed E-state index contributed by atoms with van der Waals surface area (Å²) in [6, 6.07) is 5.16. The van der Waals surface area contributed by atoms with Gasteiger partial charge in [-0.2, -0.15) is 0 Å². The number of ether oxygens (including phenoxy) is 1. The standard InChI is InChI=1S/C13H14N2O3/c1-13(5-2-6-18-13)11(16)8-3-4-9-10(7-8)15-12(17)14-9/h3-4,7H,2,5-6H2,1H3,(H2,14,15,17). The quantitative estimate of drug-likeness (QED) is 0.790. The topological polar surface area (TPSA) is 75.0 Å². The summed E-state index contributed by atoms with van der Waals surface area (Å²) in [7, 11) is 0. The molecular formula is C13H14N2O3. The summed E-state index contributed by atoms with van der Waals surface area (Å²) in [4.78, 5) is 28.9. The Morgan fingerprint density at radius 2 is 2.11 bits per heavy atom. The van der Waals surface area contributed by atoms with E-state index in [4.69, 9.17) is 4.74 Å². The first-order valence-corrected chi connectivity index (χ1v) is 5.99. The maximum atomic E-state index is 12.4. The van der Waals surface area contributed by atoms with Crippen LogP contribution in [0.3, 0.4) is 0 Å². The maximum absolute atomic E-state index is 12.4. The van der Waals surface area contributed by atoms with Gasteiger partial charge in [0.05, 0.1) is 11.0 Å². The SMILES string of the molecule is CC1(C(=O)c2ccc3[nH]c(=O)[nH]c3c2)CCCO1. The average Bonchev–Trinajstić information content (AvgIpc) is 2.93. The van der Waals surface area contributed by atoms with Crippen molar-refractivity contribution in [1.82, 2.24) is 9.97 Å². The smallest absolute Gasteiger partial charge is 0.323 e. The van der Waals surface area contributed by atoms with Crippen molar-refractivity contribution in [1.29, 1.82) is 0 Å². The zero-order valence-corrected chi connectivity index (χ0v) is 10.1. The highest BCUT2D eigenvalue weighted by atomic mass is 16.5. The van der Waals surface area contributed by atoms with Crippen LogP contribution in [0.4, 0.5) is 0 Å². The van der Waals surface area contributed by atoms with E-state index in [0.29, 0.717) is 23.2 Å². The predicted molar refractivity (Wildman–Crippen MR) is 66.8 cm³/mol. The van der Waals surface area contributed by atoms with Crippen molar-refractivity contribution in [3.05, 3.63) is 34.2 Å². The van der Waals surface area contributed by atoms with Crippen LogP contribution in [-0.4, -0.2) is 28.0 Å². The first kappa shape index (κ1) is 11.2. The van der Waals surface area contributed by atoms with Crippen LogP contribution in [0.2, 0.25) is 0 Å². The minimum absolute atomic E-state index is 0.0241. The summed E-state index contributed by atoms with van der Waals surface area (Å²) in [5.41, 5.74) is 0.936. The monoisotopic (exact) mass is 246 g/mol. The molecule has 2 heterocycles. The normalized spacial score (nSPS) is 23.6. The number of nitrogens with one attached hydrogen (secondary N) is 2. The molecule has 0 saturated carbocycles. The summed E-state index contributed by atoms with van der Waals surface area (Å²) >= 11 is 0. The number of aromatic amines is 2. The van der Waals surface area contributed by atoms with Gasteiger partial charge in [0.15, 0.2) is 5.78 Å². The third kappa shape index (κ3) is 1.67. The minimum atomic E-state index is -0.718. The molecule has 1 aliphatic heterocycles. The van der Waals surface area contributed by atoms with Crippen LogP contribution < -0.4 is 5.69 Å². The molecule has 1 saturated heterocycles. The second kappa shape index (κ2) is 3.81. The fourth-order valence-electron chi connectivity index (χ4n) is 2.44. The van der Waals surface area contributed by atoms with Gasteiger partial charge in [-0.05, 0) is 38.0 Å². The Morgan fingerprint density at radius 1 is 1.33 bits per heavy atom. The van der Waals surface area contributed by atoms with E-state index in [9.17, 15) is 9.59 Å². The minimum Gasteiger partial charge on any atom is -0.367 e. The summed E-state index contributed by atoms with van der Waals surface area (Å²) < 4.78 is 5.54. The molecule has 1 aromatic heterocycles. The van der Waals surface area contributed by atoms with E-state index in [1.54, 1.807) is 18.2 Å². The van der Waals surface area contributed by atoms with E-state index in [2.05, 4.69) is 9.97 Å². The lowest BCUT2D eigenvalue weighted by Gasteiger charge is -2.21. The van der Waals surface area contributed by atoms with Crippen molar-refractivity contribution in [3.8, 4) is 0 Å². The van der Waals surface area contributed by atoms with Gasteiger partial charge in [0.25, 0.3) is 0 Å². The molecule has 3 rings (SSSR count). The van der Waals surface area contributed by atoms with Gasteiger partial charge >= 0.3 is 5.69 Å². The van der Waals surface area contributed by atoms with Crippen LogP contribution >= 0.6 is 0 Å². The van der Waals surface area contributed by atoms with E-state index in [1.807, 2.05) is 6.92 Å². The van der Waals surface area contributed by atoms with E-state index >= 15 is 0 Å². The van der Waals surface area contributed by atoms with Gasteiger partial charge in [0.2, 0.25) is 0 Å². The number of Topliss-reactive ketones (excluding diaryl/α,β-unsaturated/α-hetero) is 1. The van der Waals surface area contributed by atoms with E-state index in [0.717, 1.165) is 12.8 Å². The Labute approximate surface area is 103 Å². The van der Waals surface area contributed by atoms with Crippen molar-refractivity contribution in [2.45, 2.75) is 25.4 Å². The van der Waals surface area contributed by atoms with Crippen molar-refractivity contribution in [2.24, 2.45) is 0 Å². The molecule has 2 aromatic rings. The molecule has 0 aliphatic carbocycles. The summed E-state index contributed by atoms with van der Waals surface area (Å²) in [5, 5.41) is 0. The number of H-pyrrole nitrogens is 2. The summed E-state index contributed by atoms with van der Waals surface area (Å²) in [6.07, 6.45) is 1.65. The van der Waals surface area contributed by atoms with Crippen LogP contribution in [0.25, 0.3) is 11.0 Å². The number of aromatic nitrogens is 2. The molecule has 5 nitrogen and oxygen atoms in total. The lowest BCUT2D eigenvalue weighted by molar-refractivity contribution is 0.0213. The summed E-state index contributed by atoms with van der Waals surface area (Å²) in [5.74, 6) is -0.0241. The third-order valence-electron chi connectivity index (χ3n) is 3.48. The number of carbonyl (C=O) groups is 1. The number of fused-ring (bicyclic) bond motifs is 1. The molecule has 0 spiro atoms. The first-order chi connectivity index (χ1) is 8.58. The van der Waals surface area contributed by atoms with Crippen molar-refractivity contribution < 1.29 is 9.53 Å². The maximum Gasteiger partial charge on any atom is 0.323 e. The van der Waals surface area contributed by atoms with Gasteiger partial charge in [0, 0.05) is 12.2 Å². The second-order valence-corrected chi connectivity index (χ2v) is 4.85. The summed E-state index contributed by atoms with van der Waals surface area (Å²) in [6.45, 7) is 2.46. The predicted octanol–water partition coefficient (Wildman–Crippen LogP) is 1.61. The Morgan fingerprint density at radius 3 is 2.83 bits per heavy atom. The van der Waals surface area contributed by atoms with E-state index < -0.39 is 5.60 Å². The number of benzene rings is 1. The number of carbonyl (C=O) groups excluding carboxylic acids is 1. The van der Waals surface area contributed by atoms with Crippen LogP contribution in [0.15, 0.2) is 23.0 Å². The lowest BCUT2D eigenvalue weighted by atomic mass is 9.92. The van der Waals surface area contributed by atoms with Gasteiger partial charge in [0.1, 0.15) is 5.60 Å². The van der Waals surface area contributed by atoms with Crippen LogP contribution in [0.1, 0.15) is 30.1 Å². The highest BCUT2D eigenvalue weighted by molar-refractivity contribution is 6.04. The van der Waals surface area contributed by atoms with E-state index in [1.165, 1.54) is 0 Å². The lowest BCUT2D eigenvalue weighted by Crippen LogP contribution is -2.34. The van der Waals surface area contributed by atoms with Gasteiger partial charge in [-0.15, -0.1) is 0 Å². The van der Waals surface area contributed by atoms with Crippen LogP contribution in [-0.2, 0) is 4.74 Å². The molecule has 0 bridgehead atoms. The van der Waals surface area contributed by atoms with Gasteiger partial charge in [-0.1, -0.05) is 0 Å². The van der Waals surface area contributed by atoms with Crippen molar-refractivity contribution in [2.75, 3.05) is 6.61 Å². The highest BCUT2D eigenvalue weighted by Crippen LogP contribution is 2.29. The van der Waals surface area contributed by atoms with Gasteiger partial charge in [-0.3, -0.25) is 4.79 Å². The largest absolute Gasteiger partial charge is 0.367 e. The fourth-order valence-corrected chi connectivity index (χ4v) is 2.44. The molecule has 18 heavy (non-hydrogen) atoms. The van der Waals surface area contributed by atoms with Crippen LogP contribution in [0.5, 0.6) is 0 Å². The Kier molecular flexibility index (Phi) is 2.38. The molecule has 0 radical (unpaired) electrons. The molecule has 1 aliphatic rings. The van der Waals surface area contributed by atoms with Crippen molar-refractivity contribution in [3.63, 3.8) is 0 Å². The molecule has 1 unspecified atom stereocenters. The Hall–Kier alpha value is -1.88. The number of hydrogen-bond acceptors (Lipinski definition) is 3. The van der Waals surface area contributed by atoms with E-state index in [-0.39, 0.29) is 11.5 Å². The number of ketones is 1. The first-order valence-electron chi connectivity index (χ1n) is 5.99. The molecule has 5 heteroatoms. The number of hydrogen-bond donors (Lipinski definition) is 2. The van der Waals surface area contributed by atoms with Gasteiger partial charge < -0.3 is 14.7 Å². The highest BCUT2D eigenvalue weighted by Gasteiger charge is 2.38. The molecule has 1 fully saturated rings. The Bertz CT molecular complexity index is 662.